The number of amides is 2. The Hall–Kier alpha value is -3.28. The predicted molar refractivity (Wildman–Crippen MR) is 103 cm³/mol. The van der Waals surface area contributed by atoms with Crippen molar-refractivity contribution in [3.8, 4) is 11.3 Å². The van der Waals surface area contributed by atoms with Gasteiger partial charge in [-0.05, 0) is 37.1 Å². The lowest BCUT2D eigenvalue weighted by Crippen LogP contribution is -2.35. The van der Waals surface area contributed by atoms with E-state index in [0.717, 1.165) is 35.0 Å². The Labute approximate surface area is 157 Å². The number of nitrogens with one attached hydrogen (secondary N) is 2. The summed E-state index contributed by atoms with van der Waals surface area (Å²) in [6.07, 6.45) is 5.35. The first-order valence-electron chi connectivity index (χ1n) is 9.08. The Morgan fingerprint density at radius 3 is 2.52 bits per heavy atom. The summed E-state index contributed by atoms with van der Waals surface area (Å²) in [5.74, 6) is 0.0796. The van der Waals surface area contributed by atoms with Crippen molar-refractivity contribution in [2.24, 2.45) is 5.92 Å². The maximum absolute atomic E-state index is 12.8. The first-order chi connectivity index (χ1) is 13.2. The minimum atomic E-state index is -0.176. The zero-order chi connectivity index (χ0) is 18.6. The molecule has 6 nitrogen and oxygen atoms in total. The van der Waals surface area contributed by atoms with Gasteiger partial charge in [0.15, 0.2) is 0 Å². The Bertz CT molecular complexity index is 984. The van der Waals surface area contributed by atoms with Crippen LogP contribution in [-0.4, -0.2) is 34.9 Å². The highest BCUT2D eigenvalue weighted by molar-refractivity contribution is 6.07. The molecule has 1 aliphatic carbocycles. The summed E-state index contributed by atoms with van der Waals surface area (Å²) in [4.78, 5) is 33.1. The topological polar surface area (TPSA) is 84.0 Å². The third-order valence-corrected chi connectivity index (χ3v) is 4.59. The fourth-order valence-corrected chi connectivity index (χ4v) is 2.98. The van der Waals surface area contributed by atoms with Crippen molar-refractivity contribution in [2.75, 3.05) is 13.1 Å². The van der Waals surface area contributed by atoms with Crippen molar-refractivity contribution in [1.29, 1.82) is 0 Å². The maximum Gasteiger partial charge on any atom is 0.252 e. The van der Waals surface area contributed by atoms with Crippen LogP contribution in [0.4, 0.5) is 0 Å². The van der Waals surface area contributed by atoms with Crippen molar-refractivity contribution in [3.05, 3.63) is 60.4 Å². The SMILES string of the molecule is O=C(NCCNC(=O)C1CC1)c1cc(-c2ccncc2)nc2ccccc12. The average Bonchev–Trinajstić information content (AvgIpc) is 3.56. The van der Waals surface area contributed by atoms with Crippen LogP contribution in [0.3, 0.4) is 0 Å². The minimum absolute atomic E-state index is 0.0820. The molecular formula is C21H20N4O2. The molecule has 1 fully saturated rings. The summed E-state index contributed by atoms with van der Waals surface area (Å²) in [5, 5.41) is 6.54. The van der Waals surface area contributed by atoms with Gasteiger partial charge in [0, 0.05) is 42.4 Å². The monoisotopic (exact) mass is 360 g/mol. The van der Waals surface area contributed by atoms with Crippen LogP contribution in [0.1, 0.15) is 23.2 Å². The maximum atomic E-state index is 12.8. The third kappa shape index (κ3) is 3.95. The van der Waals surface area contributed by atoms with Gasteiger partial charge >= 0.3 is 0 Å². The van der Waals surface area contributed by atoms with Crippen LogP contribution < -0.4 is 10.6 Å². The number of hydrogen-bond donors (Lipinski definition) is 2. The number of para-hydroxylation sites is 1. The van der Waals surface area contributed by atoms with Crippen molar-refractivity contribution < 1.29 is 9.59 Å². The number of carbonyl (C=O) groups excluding carboxylic acids is 2. The van der Waals surface area contributed by atoms with E-state index in [-0.39, 0.29) is 17.7 Å². The molecule has 2 aromatic heterocycles. The van der Waals surface area contributed by atoms with Crippen LogP contribution in [0.5, 0.6) is 0 Å². The first kappa shape index (κ1) is 17.1. The highest BCUT2D eigenvalue weighted by Gasteiger charge is 2.29. The molecular weight excluding hydrogens is 340 g/mol. The van der Waals surface area contributed by atoms with E-state index in [2.05, 4.69) is 20.6 Å². The van der Waals surface area contributed by atoms with Crippen LogP contribution in [0.25, 0.3) is 22.2 Å². The number of carbonyl (C=O) groups is 2. The summed E-state index contributed by atoms with van der Waals surface area (Å²) in [7, 11) is 0. The number of rotatable bonds is 6. The zero-order valence-electron chi connectivity index (χ0n) is 14.8. The molecule has 0 unspecified atom stereocenters. The largest absolute Gasteiger partial charge is 0.354 e. The fourth-order valence-electron chi connectivity index (χ4n) is 2.98. The van der Waals surface area contributed by atoms with Crippen molar-refractivity contribution in [1.82, 2.24) is 20.6 Å². The van der Waals surface area contributed by atoms with Gasteiger partial charge in [-0.25, -0.2) is 4.98 Å². The molecule has 4 rings (SSSR count). The smallest absolute Gasteiger partial charge is 0.252 e. The molecule has 27 heavy (non-hydrogen) atoms. The molecule has 0 atom stereocenters. The molecule has 1 saturated carbocycles. The molecule has 0 spiro atoms. The van der Waals surface area contributed by atoms with Gasteiger partial charge < -0.3 is 10.6 Å². The Morgan fingerprint density at radius 2 is 1.74 bits per heavy atom. The molecule has 0 bridgehead atoms. The van der Waals surface area contributed by atoms with E-state index in [4.69, 9.17) is 0 Å². The van der Waals surface area contributed by atoms with E-state index >= 15 is 0 Å². The van der Waals surface area contributed by atoms with Gasteiger partial charge in [0.25, 0.3) is 5.91 Å². The zero-order valence-corrected chi connectivity index (χ0v) is 14.8. The number of nitrogens with zero attached hydrogens (tertiary/aromatic N) is 2. The van der Waals surface area contributed by atoms with E-state index in [1.54, 1.807) is 18.5 Å². The summed E-state index contributed by atoms with van der Waals surface area (Å²) in [5.41, 5.74) is 2.96. The second-order valence-electron chi connectivity index (χ2n) is 6.63. The Morgan fingerprint density at radius 1 is 1.00 bits per heavy atom. The van der Waals surface area contributed by atoms with Gasteiger partial charge in [-0.1, -0.05) is 18.2 Å². The lowest BCUT2D eigenvalue weighted by atomic mass is 10.0. The number of aromatic nitrogens is 2. The van der Waals surface area contributed by atoms with Gasteiger partial charge in [-0.2, -0.15) is 0 Å². The Balaban J connectivity index is 1.54. The van der Waals surface area contributed by atoms with Crippen molar-refractivity contribution in [2.45, 2.75) is 12.8 Å². The third-order valence-electron chi connectivity index (χ3n) is 4.59. The van der Waals surface area contributed by atoms with Crippen LogP contribution in [0, 0.1) is 5.92 Å². The molecule has 2 heterocycles. The van der Waals surface area contributed by atoms with E-state index < -0.39 is 0 Å². The average molecular weight is 360 g/mol. The van der Waals surface area contributed by atoms with E-state index in [0.29, 0.717) is 18.7 Å². The van der Waals surface area contributed by atoms with Gasteiger partial charge in [-0.3, -0.25) is 14.6 Å². The van der Waals surface area contributed by atoms with E-state index in [1.807, 2.05) is 36.4 Å². The molecule has 136 valence electrons. The van der Waals surface area contributed by atoms with Gasteiger partial charge in [0.1, 0.15) is 0 Å². The minimum Gasteiger partial charge on any atom is -0.354 e. The molecule has 0 saturated heterocycles. The second-order valence-corrected chi connectivity index (χ2v) is 6.63. The molecule has 1 aliphatic rings. The molecule has 0 aliphatic heterocycles. The molecule has 0 radical (unpaired) electrons. The highest BCUT2D eigenvalue weighted by atomic mass is 16.2. The normalized spacial score (nSPS) is 13.3. The van der Waals surface area contributed by atoms with E-state index in [1.165, 1.54) is 0 Å². The lowest BCUT2D eigenvalue weighted by molar-refractivity contribution is -0.122. The predicted octanol–water partition coefficient (Wildman–Crippen LogP) is 2.55. The molecule has 2 amide bonds. The van der Waals surface area contributed by atoms with Gasteiger partial charge in [-0.15, -0.1) is 0 Å². The first-order valence-corrected chi connectivity index (χ1v) is 9.08. The van der Waals surface area contributed by atoms with Gasteiger partial charge in [0.2, 0.25) is 5.91 Å². The highest BCUT2D eigenvalue weighted by Crippen LogP contribution is 2.28. The van der Waals surface area contributed by atoms with Crippen molar-refractivity contribution >= 4 is 22.7 Å². The van der Waals surface area contributed by atoms with Crippen LogP contribution in [-0.2, 0) is 4.79 Å². The lowest BCUT2D eigenvalue weighted by Gasteiger charge is -2.11. The number of pyridine rings is 2. The summed E-state index contributed by atoms with van der Waals surface area (Å²) in [6.45, 7) is 0.819. The molecule has 1 aromatic carbocycles. The van der Waals surface area contributed by atoms with E-state index in [9.17, 15) is 9.59 Å². The summed E-state index contributed by atoms with van der Waals surface area (Å²) in [6, 6.07) is 13.1. The molecule has 2 N–H and O–H groups in total. The number of hydrogen-bond acceptors (Lipinski definition) is 4. The van der Waals surface area contributed by atoms with Crippen LogP contribution >= 0.6 is 0 Å². The summed E-state index contributed by atoms with van der Waals surface area (Å²) >= 11 is 0. The number of benzene rings is 1. The van der Waals surface area contributed by atoms with Crippen molar-refractivity contribution in [3.63, 3.8) is 0 Å². The van der Waals surface area contributed by atoms with Crippen LogP contribution in [0.15, 0.2) is 54.9 Å². The second kappa shape index (κ2) is 7.53. The number of fused-ring (bicyclic) bond motifs is 1. The standard InChI is InChI=1S/C21H20N4O2/c26-20(15-5-6-15)23-11-12-24-21(27)17-13-19(14-7-9-22-10-8-14)25-18-4-2-1-3-16(17)18/h1-4,7-10,13,15H,5-6,11-12H2,(H,23,26)(H,24,27). The summed E-state index contributed by atoms with van der Waals surface area (Å²) < 4.78 is 0. The Kier molecular flexibility index (Phi) is 4.78. The van der Waals surface area contributed by atoms with Crippen LogP contribution in [0.2, 0.25) is 0 Å². The fraction of sp³-hybridized carbons (Fsp3) is 0.238. The quantitative estimate of drug-likeness (QED) is 0.662. The van der Waals surface area contributed by atoms with Gasteiger partial charge in [0.05, 0.1) is 16.8 Å². The molecule has 3 aromatic rings. The molecule has 6 heteroatoms.